The fourth-order valence-corrected chi connectivity index (χ4v) is 3.71. The Hall–Kier alpha value is -2.96. The van der Waals surface area contributed by atoms with Crippen molar-refractivity contribution in [1.82, 2.24) is 24.9 Å². The number of halogens is 1. The maximum atomic E-state index is 13.2. The van der Waals surface area contributed by atoms with Crippen molar-refractivity contribution in [3.63, 3.8) is 0 Å². The number of hydrogen-bond donors (Lipinski definition) is 1. The van der Waals surface area contributed by atoms with Crippen LogP contribution in [0.1, 0.15) is 48.7 Å². The first-order chi connectivity index (χ1) is 13.6. The molecule has 0 aliphatic heterocycles. The van der Waals surface area contributed by atoms with E-state index in [4.69, 9.17) is 0 Å². The van der Waals surface area contributed by atoms with Gasteiger partial charge in [0.1, 0.15) is 5.82 Å². The molecule has 2 heterocycles. The van der Waals surface area contributed by atoms with Crippen molar-refractivity contribution in [2.45, 2.75) is 45.2 Å². The van der Waals surface area contributed by atoms with Crippen LogP contribution in [0.5, 0.6) is 0 Å². The smallest absolute Gasteiger partial charge is 0.275 e. The first-order valence-electron chi connectivity index (χ1n) is 9.72. The molecule has 1 amide bonds. The van der Waals surface area contributed by atoms with E-state index in [0.29, 0.717) is 18.1 Å². The predicted molar refractivity (Wildman–Crippen MR) is 104 cm³/mol. The van der Waals surface area contributed by atoms with Crippen LogP contribution in [-0.4, -0.2) is 31.5 Å². The average Bonchev–Trinajstić information content (AvgIpc) is 3.35. The molecule has 2 aromatic heterocycles. The van der Waals surface area contributed by atoms with Crippen molar-refractivity contribution in [3.8, 4) is 5.82 Å². The second kappa shape index (κ2) is 7.96. The number of aromatic nitrogens is 4. The van der Waals surface area contributed by atoms with Gasteiger partial charge in [0, 0.05) is 18.4 Å². The molecule has 1 fully saturated rings. The van der Waals surface area contributed by atoms with E-state index in [1.807, 2.05) is 29.1 Å². The summed E-state index contributed by atoms with van der Waals surface area (Å²) in [6.45, 7) is 2.65. The maximum absolute atomic E-state index is 13.2. The minimum atomic E-state index is -0.283. The third kappa shape index (κ3) is 3.98. The SMILES string of the molecule is CC1CCC(NC(=O)c2nnn(Cc3ccc(F)cc3)c2-n2cccc2)CC1. The number of carbonyl (C=O) groups is 1. The molecule has 0 spiro atoms. The molecule has 0 radical (unpaired) electrons. The number of nitrogens with zero attached hydrogens (tertiary/aromatic N) is 4. The van der Waals surface area contributed by atoms with Crippen molar-refractivity contribution >= 4 is 5.91 Å². The molecule has 0 atom stereocenters. The zero-order chi connectivity index (χ0) is 19.5. The molecule has 0 unspecified atom stereocenters. The number of benzene rings is 1. The molecule has 4 rings (SSSR count). The zero-order valence-electron chi connectivity index (χ0n) is 15.9. The van der Waals surface area contributed by atoms with Gasteiger partial charge in [0.15, 0.2) is 11.5 Å². The Morgan fingerprint density at radius 3 is 2.50 bits per heavy atom. The van der Waals surface area contributed by atoms with Crippen LogP contribution < -0.4 is 5.32 Å². The molecule has 3 aromatic rings. The number of carbonyl (C=O) groups excluding carboxylic acids is 1. The van der Waals surface area contributed by atoms with Gasteiger partial charge in [0.25, 0.3) is 5.91 Å². The van der Waals surface area contributed by atoms with Crippen LogP contribution in [0, 0.1) is 11.7 Å². The zero-order valence-corrected chi connectivity index (χ0v) is 15.9. The van der Waals surface area contributed by atoms with Gasteiger partial charge in [0.05, 0.1) is 6.54 Å². The second-order valence-corrected chi connectivity index (χ2v) is 7.57. The predicted octanol–water partition coefficient (Wildman–Crippen LogP) is 3.56. The molecule has 1 aromatic carbocycles. The fourth-order valence-electron chi connectivity index (χ4n) is 3.71. The summed E-state index contributed by atoms with van der Waals surface area (Å²) >= 11 is 0. The van der Waals surface area contributed by atoms with E-state index in [0.717, 1.165) is 37.2 Å². The van der Waals surface area contributed by atoms with Gasteiger partial charge in [-0.25, -0.2) is 9.07 Å². The summed E-state index contributed by atoms with van der Waals surface area (Å²) in [6, 6.07) is 10.2. The second-order valence-electron chi connectivity index (χ2n) is 7.57. The summed E-state index contributed by atoms with van der Waals surface area (Å²) in [7, 11) is 0. The van der Waals surface area contributed by atoms with Crippen molar-refractivity contribution in [2.75, 3.05) is 0 Å². The van der Waals surface area contributed by atoms with E-state index in [2.05, 4.69) is 22.6 Å². The van der Waals surface area contributed by atoms with Gasteiger partial charge >= 0.3 is 0 Å². The molecule has 0 bridgehead atoms. The van der Waals surface area contributed by atoms with Crippen LogP contribution in [0.4, 0.5) is 4.39 Å². The molecule has 1 N–H and O–H groups in total. The van der Waals surface area contributed by atoms with Crippen molar-refractivity contribution in [2.24, 2.45) is 5.92 Å². The quantitative estimate of drug-likeness (QED) is 0.735. The van der Waals surface area contributed by atoms with E-state index >= 15 is 0 Å². The highest BCUT2D eigenvalue weighted by molar-refractivity contribution is 5.95. The minimum absolute atomic E-state index is 0.184. The van der Waals surface area contributed by atoms with Gasteiger partial charge < -0.3 is 9.88 Å². The van der Waals surface area contributed by atoms with Gasteiger partial charge in [-0.1, -0.05) is 24.3 Å². The van der Waals surface area contributed by atoms with Crippen molar-refractivity contribution in [3.05, 3.63) is 65.9 Å². The lowest BCUT2D eigenvalue weighted by Gasteiger charge is -2.26. The highest BCUT2D eigenvalue weighted by Gasteiger charge is 2.25. The lowest BCUT2D eigenvalue weighted by molar-refractivity contribution is 0.0918. The molecule has 6 nitrogen and oxygen atoms in total. The molecular weight excluding hydrogens is 357 g/mol. The lowest BCUT2D eigenvalue weighted by Crippen LogP contribution is -2.38. The number of hydrogen-bond acceptors (Lipinski definition) is 3. The topological polar surface area (TPSA) is 64.7 Å². The van der Waals surface area contributed by atoms with Crippen LogP contribution in [-0.2, 0) is 6.54 Å². The molecule has 7 heteroatoms. The standard InChI is InChI=1S/C21H24FN5O/c1-15-4-10-18(11-5-15)23-20(28)19-21(26-12-2-3-13-26)27(25-24-19)14-16-6-8-17(22)9-7-16/h2-3,6-9,12-13,15,18H,4-5,10-11,14H2,1H3,(H,23,28). The van der Waals surface area contributed by atoms with Gasteiger partial charge in [-0.3, -0.25) is 4.79 Å². The molecule has 1 aliphatic rings. The average molecular weight is 381 g/mol. The van der Waals surface area contributed by atoms with E-state index in [9.17, 15) is 9.18 Å². The Morgan fingerprint density at radius 2 is 1.82 bits per heavy atom. The highest BCUT2D eigenvalue weighted by atomic mass is 19.1. The Labute approximate surface area is 163 Å². The van der Waals surface area contributed by atoms with Gasteiger partial charge in [0.2, 0.25) is 0 Å². The summed E-state index contributed by atoms with van der Waals surface area (Å²) in [5.74, 6) is 0.847. The van der Waals surface area contributed by atoms with Gasteiger partial charge in [-0.15, -0.1) is 5.10 Å². The summed E-state index contributed by atoms with van der Waals surface area (Å²) in [6.07, 6.45) is 7.97. The lowest BCUT2D eigenvalue weighted by atomic mass is 9.87. The summed E-state index contributed by atoms with van der Waals surface area (Å²) in [5.41, 5.74) is 1.19. The molecule has 1 aliphatic carbocycles. The largest absolute Gasteiger partial charge is 0.348 e. The van der Waals surface area contributed by atoms with Crippen molar-refractivity contribution < 1.29 is 9.18 Å². The number of rotatable bonds is 5. The summed E-state index contributed by atoms with van der Waals surface area (Å²) < 4.78 is 16.7. The summed E-state index contributed by atoms with van der Waals surface area (Å²) in [4.78, 5) is 12.9. The Kier molecular flexibility index (Phi) is 5.23. The van der Waals surface area contributed by atoms with Crippen LogP contribution in [0.15, 0.2) is 48.8 Å². The molecule has 146 valence electrons. The summed E-state index contributed by atoms with van der Waals surface area (Å²) in [5, 5.41) is 11.5. The van der Waals surface area contributed by atoms with E-state index < -0.39 is 0 Å². The fraction of sp³-hybridized carbons (Fsp3) is 0.381. The minimum Gasteiger partial charge on any atom is -0.348 e. The van der Waals surface area contributed by atoms with Crippen LogP contribution in [0.3, 0.4) is 0 Å². The van der Waals surface area contributed by atoms with Crippen LogP contribution >= 0.6 is 0 Å². The van der Waals surface area contributed by atoms with E-state index in [1.165, 1.54) is 12.1 Å². The molecule has 1 saturated carbocycles. The maximum Gasteiger partial charge on any atom is 0.275 e. The number of nitrogens with one attached hydrogen (secondary N) is 1. The highest BCUT2D eigenvalue weighted by Crippen LogP contribution is 2.24. The number of amides is 1. The van der Waals surface area contributed by atoms with Crippen LogP contribution in [0.25, 0.3) is 5.82 Å². The van der Waals surface area contributed by atoms with E-state index in [1.54, 1.807) is 16.8 Å². The van der Waals surface area contributed by atoms with Crippen LogP contribution in [0.2, 0.25) is 0 Å². The van der Waals surface area contributed by atoms with Crippen molar-refractivity contribution in [1.29, 1.82) is 0 Å². The molecular formula is C21H24FN5O. The monoisotopic (exact) mass is 381 g/mol. The molecule has 28 heavy (non-hydrogen) atoms. The van der Waals surface area contributed by atoms with Gasteiger partial charge in [-0.2, -0.15) is 0 Å². The Morgan fingerprint density at radius 1 is 1.14 bits per heavy atom. The van der Waals surface area contributed by atoms with E-state index in [-0.39, 0.29) is 17.8 Å². The third-order valence-electron chi connectivity index (χ3n) is 5.37. The Balaban J connectivity index is 1.59. The Bertz CT molecular complexity index is 924. The van der Waals surface area contributed by atoms with Gasteiger partial charge in [-0.05, 0) is 61.4 Å². The first kappa shape index (κ1) is 18.4. The first-order valence-corrected chi connectivity index (χ1v) is 9.72. The normalized spacial score (nSPS) is 19.5. The molecule has 0 saturated heterocycles. The third-order valence-corrected chi connectivity index (χ3v) is 5.37.